The van der Waals surface area contributed by atoms with E-state index < -0.39 is 5.60 Å². The number of nitrogens with zero attached hydrogens (tertiary/aromatic N) is 1. The number of hydrogen-bond acceptors (Lipinski definition) is 2. The number of aromatic nitrogens is 1. The Morgan fingerprint density at radius 2 is 1.75 bits per heavy atom. The first-order valence-electron chi connectivity index (χ1n) is 8.92. The monoisotopic (exact) mass is 321 g/mol. The van der Waals surface area contributed by atoms with Gasteiger partial charge in [0.1, 0.15) is 5.60 Å². The first-order valence-corrected chi connectivity index (χ1v) is 8.92. The van der Waals surface area contributed by atoms with Crippen LogP contribution in [0.1, 0.15) is 49.4 Å². The molecule has 4 rings (SSSR count). The predicted molar refractivity (Wildman–Crippen MR) is 97.5 cm³/mol. The van der Waals surface area contributed by atoms with Gasteiger partial charge in [0.15, 0.2) is 5.78 Å². The molecule has 24 heavy (non-hydrogen) atoms. The molecule has 0 spiro atoms. The number of ketones is 1. The minimum Gasteiger partial charge on any atom is -0.382 e. The fourth-order valence-electron chi connectivity index (χ4n) is 4.17. The Morgan fingerprint density at radius 1 is 1.04 bits per heavy atom. The highest BCUT2D eigenvalue weighted by atomic mass is 16.3. The molecule has 0 bridgehead atoms. The number of Topliss-reactive ketones (excluding diaryl/α,β-unsaturated/α-hetero) is 1. The first-order chi connectivity index (χ1) is 11.6. The highest BCUT2D eigenvalue weighted by Crippen LogP contribution is 2.34. The Hall–Kier alpha value is -2.13. The summed E-state index contributed by atoms with van der Waals surface area (Å²) in [5.41, 5.74) is 1.79. The van der Waals surface area contributed by atoms with Gasteiger partial charge in [0.2, 0.25) is 0 Å². The van der Waals surface area contributed by atoms with E-state index in [9.17, 15) is 9.90 Å². The molecule has 0 unspecified atom stereocenters. The van der Waals surface area contributed by atoms with Gasteiger partial charge in [-0.1, -0.05) is 37.5 Å². The van der Waals surface area contributed by atoms with E-state index >= 15 is 0 Å². The van der Waals surface area contributed by atoms with Crippen molar-refractivity contribution in [2.45, 2.75) is 51.2 Å². The van der Waals surface area contributed by atoms with Crippen molar-refractivity contribution >= 4 is 27.6 Å². The number of para-hydroxylation sites is 1. The summed E-state index contributed by atoms with van der Waals surface area (Å²) in [6.45, 7) is 3.02. The highest BCUT2D eigenvalue weighted by molar-refractivity contribution is 6.12. The van der Waals surface area contributed by atoms with Crippen LogP contribution in [0.2, 0.25) is 0 Å². The average molecular weight is 321 g/mol. The predicted octanol–water partition coefficient (Wildman–Crippen LogP) is 4.69. The van der Waals surface area contributed by atoms with Gasteiger partial charge >= 0.3 is 0 Å². The van der Waals surface area contributed by atoms with Crippen molar-refractivity contribution in [3.8, 4) is 0 Å². The average Bonchev–Trinajstić information content (AvgIpc) is 2.94. The number of carbonyl (C=O) groups is 1. The molecular formula is C21H23NO2. The van der Waals surface area contributed by atoms with Crippen LogP contribution in [0.15, 0.2) is 42.5 Å². The topological polar surface area (TPSA) is 42.2 Å². The van der Waals surface area contributed by atoms with Gasteiger partial charge in [0.05, 0.1) is 0 Å². The second-order valence-corrected chi connectivity index (χ2v) is 6.91. The number of benzene rings is 2. The van der Waals surface area contributed by atoms with Crippen LogP contribution >= 0.6 is 0 Å². The lowest BCUT2D eigenvalue weighted by Crippen LogP contribution is -2.40. The SMILES string of the molecule is CCn1c2ccccc2c2cc(C(=O)C3(O)CCCCC3)ccc21. The van der Waals surface area contributed by atoms with E-state index in [1.807, 2.05) is 30.3 Å². The molecule has 0 radical (unpaired) electrons. The number of aryl methyl sites for hydroxylation is 1. The molecule has 124 valence electrons. The van der Waals surface area contributed by atoms with Crippen molar-refractivity contribution in [3.05, 3.63) is 48.0 Å². The molecule has 1 N–H and O–H groups in total. The molecule has 3 nitrogen and oxygen atoms in total. The lowest BCUT2D eigenvalue weighted by Gasteiger charge is -2.30. The Labute approximate surface area is 141 Å². The smallest absolute Gasteiger partial charge is 0.194 e. The third kappa shape index (κ3) is 2.27. The van der Waals surface area contributed by atoms with Gasteiger partial charge in [-0.15, -0.1) is 0 Å². The molecule has 0 saturated heterocycles. The van der Waals surface area contributed by atoms with E-state index in [-0.39, 0.29) is 5.78 Å². The highest BCUT2D eigenvalue weighted by Gasteiger charge is 2.37. The van der Waals surface area contributed by atoms with E-state index in [4.69, 9.17) is 0 Å². The molecule has 3 aromatic rings. The van der Waals surface area contributed by atoms with Crippen LogP contribution in [0.25, 0.3) is 21.8 Å². The maximum atomic E-state index is 12.9. The summed E-state index contributed by atoms with van der Waals surface area (Å²) in [7, 11) is 0. The number of rotatable bonds is 3. The van der Waals surface area contributed by atoms with Crippen molar-refractivity contribution in [3.63, 3.8) is 0 Å². The molecule has 1 fully saturated rings. The molecule has 2 aromatic carbocycles. The van der Waals surface area contributed by atoms with Gasteiger partial charge in [0.25, 0.3) is 0 Å². The van der Waals surface area contributed by atoms with Gasteiger partial charge in [-0.2, -0.15) is 0 Å². The fourth-order valence-corrected chi connectivity index (χ4v) is 4.17. The summed E-state index contributed by atoms with van der Waals surface area (Å²) in [5.74, 6) is -0.113. The van der Waals surface area contributed by atoms with Crippen LogP contribution in [0.3, 0.4) is 0 Å². The number of aliphatic hydroxyl groups is 1. The van der Waals surface area contributed by atoms with Crippen molar-refractivity contribution in [1.29, 1.82) is 0 Å². The van der Waals surface area contributed by atoms with Gasteiger partial charge in [-0.05, 0) is 44.0 Å². The molecule has 0 aliphatic heterocycles. The lowest BCUT2D eigenvalue weighted by molar-refractivity contribution is 0.0116. The second kappa shape index (κ2) is 5.75. The van der Waals surface area contributed by atoms with Crippen LogP contribution < -0.4 is 0 Å². The van der Waals surface area contributed by atoms with Gasteiger partial charge in [-0.3, -0.25) is 4.79 Å². The molecule has 1 heterocycles. The standard InChI is InChI=1S/C21H23NO2/c1-2-22-18-9-5-4-8-16(18)17-14-15(10-11-19(17)22)20(23)21(24)12-6-3-7-13-21/h4-5,8-11,14,24H,2-3,6-7,12-13H2,1H3. The van der Waals surface area contributed by atoms with Gasteiger partial charge in [0, 0.05) is 33.9 Å². The van der Waals surface area contributed by atoms with E-state index in [1.54, 1.807) is 0 Å². The quantitative estimate of drug-likeness (QED) is 0.711. The first kappa shape index (κ1) is 15.4. The molecular weight excluding hydrogens is 298 g/mol. The van der Waals surface area contributed by atoms with Crippen molar-refractivity contribution in [1.82, 2.24) is 4.57 Å². The summed E-state index contributed by atoms with van der Waals surface area (Å²) >= 11 is 0. The molecule has 3 heteroatoms. The van der Waals surface area contributed by atoms with Crippen LogP contribution in [0.5, 0.6) is 0 Å². The lowest BCUT2D eigenvalue weighted by atomic mass is 9.79. The summed E-state index contributed by atoms with van der Waals surface area (Å²) in [4.78, 5) is 12.9. The summed E-state index contributed by atoms with van der Waals surface area (Å²) in [6, 6.07) is 14.2. The van der Waals surface area contributed by atoms with Gasteiger partial charge in [-0.25, -0.2) is 0 Å². The van der Waals surface area contributed by atoms with E-state index in [1.165, 1.54) is 10.9 Å². The Balaban J connectivity index is 1.86. The van der Waals surface area contributed by atoms with Crippen LogP contribution in [0.4, 0.5) is 0 Å². The second-order valence-electron chi connectivity index (χ2n) is 6.91. The molecule has 0 amide bonds. The van der Waals surface area contributed by atoms with Crippen molar-refractivity contribution < 1.29 is 9.90 Å². The van der Waals surface area contributed by atoms with E-state index in [0.29, 0.717) is 18.4 Å². The number of fused-ring (bicyclic) bond motifs is 3. The molecule has 0 atom stereocenters. The Bertz CT molecular complexity index is 916. The zero-order chi connectivity index (χ0) is 16.7. The Morgan fingerprint density at radius 3 is 2.50 bits per heavy atom. The largest absolute Gasteiger partial charge is 0.382 e. The third-order valence-electron chi connectivity index (χ3n) is 5.45. The normalized spacial score (nSPS) is 17.4. The van der Waals surface area contributed by atoms with Gasteiger partial charge < -0.3 is 9.67 Å². The van der Waals surface area contributed by atoms with Crippen LogP contribution in [0, 0.1) is 0 Å². The van der Waals surface area contributed by atoms with Crippen molar-refractivity contribution in [2.24, 2.45) is 0 Å². The zero-order valence-electron chi connectivity index (χ0n) is 14.1. The molecule has 1 aromatic heterocycles. The number of hydrogen-bond donors (Lipinski definition) is 1. The fraction of sp³-hybridized carbons (Fsp3) is 0.381. The van der Waals surface area contributed by atoms with E-state index in [0.717, 1.165) is 36.7 Å². The molecule has 1 aliphatic carbocycles. The summed E-state index contributed by atoms with van der Waals surface area (Å²) < 4.78 is 2.27. The number of carbonyl (C=O) groups excluding carboxylic acids is 1. The summed E-state index contributed by atoms with van der Waals surface area (Å²) in [5, 5.41) is 13.0. The zero-order valence-corrected chi connectivity index (χ0v) is 14.1. The van der Waals surface area contributed by atoms with E-state index in [2.05, 4.69) is 23.6 Å². The third-order valence-corrected chi connectivity index (χ3v) is 5.45. The minimum atomic E-state index is -1.17. The molecule has 1 aliphatic rings. The minimum absolute atomic E-state index is 0.113. The summed E-state index contributed by atoms with van der Waals surface area (Å²) in [6.07, 6.45) is 4.14. The van der Waals surface area contributed by atoms with Crippen LogP contribution in [-0.4, -0.2) is 21.1 Å². The maximum Gasteiger partial charge on any atom is 0.194 e. The molecule has 1 saturated carbocycles. The van der Waals surface area contributed by atoms with Crippen molar-refractivity contribution in [2.75, 3.05) is 0 Å². The van der Waals surface area contributed by atoms with Crippen LogP contribution in [-0.2, 0) is 6.54 Å². The maximum absolute atomic E-state index is 12.9. The Kier molecular flexibility index (Phi) is 3.69.